The quantitative estimate of drug-likeness (QED) is 0.862. The summed E-state index contributed by atoms with van der Waals surface area (Å²) in [6.45, 7) is 0.891. The maximum Gasteiger partial charge on any atom is 0.242 e. The minimum atomic E-state index is -3.44. The van der Waals surface area contributed by atoms with Crippen molar-refractivity contribution in [3.8, 4) is 11.4 Å². The van der Waals surface area contributed by atoms with Crippen molar-refractivity contribution in [2.24, 2.45) is 0 Å². The van der Waals surface area contributed by atoms with E-state index in [0.29, 0.717) is 0 Å². The zero-order chi connectivity index (χ0) is 15.0. The molecule has 2 heterocycles. The molecule has 0 radical (unpaired) electrons. The zero-order valence-corrected chi connectivity index (χ0v) is 13.0. The predicted molar refractivity (Wildman–Crippen MR) is 79.3 cm³/mol. The van der Waals surface area contributed by atoms with Gasteiger partial charge in [-0.05, 0) is 25.0 Å². The van der Waals surface area contributed by atoms with Crippen molar-refractivity contribution in [2.75, 3.05) is 14.1 Å². The van der Waals surface area contributed by atoms with E-state index in [1.165, 1.54) is 18.4 Å². The van der Waals surface area contributed by atoms with Crippen LogP contribution in [0.3, 0.4) is 0 Å². The standard InChI is InChI=1S/C14H18N4O2S/c1-17(2)21(19,20)12-7-5-6-11(10-12)14-16-15-13-8-3-4-9-18(13)14/h5-7,10H,3-4,8-9H2,1-2H3. The first-order chi connectivity index (χ1) is 10.00. The van der Waals surface area contributed by atoms with Crippen LogP contribution in [0.1, 0.15) is 18.7 Å². The SMILES string of the molecule is CN(C)S(=O)(=O)c1cccc(-c2nnc3n2CCCC3)c1. The summed E-state index contributed by atoms with van der Waals surface area (Å²) in [6.07, 6.45) is 3.17. The number of hydrogen-bond donors (Lipinski definition) is 0. The lowest BCUT2D eigenvalue weighted by molar-refractivity contribution is 0.520. The highest BCUT2D eigenvalue weighted by molar-refractivity contribution is 7.89. The van der Waals surface area contributed by atoms with Gasteiger partial charge in [-0.3, -0.25) is 0 Å². The van der Waals surface area contributed by atoms with Crippen LogP contribution in [0.4, 0.5) is 0 Å². The molecule has 1 aliphatic rings. The molecule has 0 unspecified atom stereocenters. The maximum atomic E-state index is 12.2. The molecule has 6 nitrogen and oxygen atoms in total. The molecule has 1 aromatic heterocycles. The Kier molecular flexibility index (Phi) is 3.54. The first-order valence-electron chi connectivity index (χ1n) is 6.95. The monoisotopic (exact) mass is 306 g/mol. The Morgan fingerprint density at radius 3 is 2.76 bits per heavy atom. The molecule has 3 rings (SSSR count). The number of fused-ring (bicyclic) bond motifs is 1. The lowest BCUT2D eigenvalue weighted by atomic mass is 10.1. The van der Waals surface area contributed by atoms with Crippen LogP contribution >= 0.6 is 0 Å². The Morgan fingerprint density at radius 2 is 2.00 bits per heavy atom. The molecule has 21 heavy (non-hydrogen) atoms. The third kappa shape index (κ3) is 2.47. The van der Waals surface area contributed by atoms with Crippen LogP contribution in [0.2, 0.25) is 0 Å². The summed E-state index contributed by atoms with van der Waals surface area (Å²) >= 11 is 0. The topological polar surface area (TPSA) is 68.1 Å². The van der Waals surface area contributed by atoms with Crippen LogP contribution in [0, 0.1) is 0 Å². The van der Waals surface area contributed by atoms with Crippen molar-refractivity contribution in [1.82, 2.24) is 19.1 Å². The van der Waals surface area contributed by atoms with Crippen molar-refractivity contribution in [3.05, 3.63) is 30.1 Å². The number of sulfonamides is 1. The van der Waals surface area contributed by atoms with E-state index < -0.39 is 10.0 Å². The molecule has 0 aliphatic carbocycles. The molecule has 112 valence electrons. The lowest BCUT2D eigenvalue weighted by Gasteiger charge is -2.15. The van der Waals surface area contributed by atoms with Crippen LogP contribution in [0.15, 0.2) is 29.2 Å². The molecular formula is C14H18N4O2S. The number of benzene rings is 1. The largest absolute Gasteiger partial charge is 0.311 e. The lowest BCUT2D eigenvalue weighted by Crippen LogP contribution is -2.22. The number of rotatable bonds is 3. The Labute approximate surface area is 124 Å². The molecular weight excluding hydrogens is 288 g/mol. The van der Waals surface area contributed by atoms with Crippen LogP contribution in [-0.2, 0) is 23.0 Å². The number of aryl methyl sites for hydroxylation is 1. The number of nitrogens with zero attached hydrogens (tertiary/aromatic N) is 4. The van der Waals surface area contributed by atoms with Gasteiger partial charge in [-0.25, -0.2) is 12.7 Å². The van der Waals surface area contributed by atoms with E-state index in [0.717, 1.165) is 43.0 Å². The molecule has 1 aliphatic heterocycles. The third-order valence-electron chi connectivity index (χ3n) is 3.73. The first-order valence-corrected chi connectivity index (χ1v) is 8.39. The molecule has 2 aromatic rings. The minimum Gasteiger partial charge on any atom is -0.311 e. The van der Waals surface area contributed by atoms with E-state index in [9.17, 15) is 8.42 Å². The molecule has 0 fully saturated rings. The van der Waals surface area contributed by atoms with Gasteiger partial charge in [0, 0.05) is 32.6 Å². The highest BCUT2D eigenvalue weighted by Gasteiger charge is 2.20. The van der Waals surface area contributed by atoms with Gasteiger partial charge in [-0.2, -0.15) is 0 Å². The third-order valence-corrected chi connectivity index (χ3v) is 5.54. The fraction of sp³-hybridized carbons (Fsp3) is 0.429. The maximum absolute atomic E-state index is 12.2. The van der Waals surface area contributed by atoms with Gasteiger partial charge in [-0.15, -0.1) is 10.2 Å². The smallest absolute Gasteiger partial charge is 0.242 e. The van der Waals surface area contributed by atoms with Gasteiger partial charge in [0.25, 0.3) is 0 Å². The second-order valence-corrected chi connectivity index (χ2v) is 7.52. The summed E-state index contributed by atoms with van der Waals surface area (Å²) in [5.41, 5.74) is 0.790. The van der Waals surface area contributed by atoms with Gasteiger partial charge in [0.2, 0.25) is 10.0 Å². The van der Waals surface area contributed by atoms with E-state index >= 15 is 0 Å². The van der Waals surface area contributed by atoms with Gasteiger partial charge in [0.1, 0.15) is 5.82 Å². The Hall–Kier alpha value is -1.73. The van der Waals surface area contributed by atoms with Gasteiger partial charge in [0.15, 0.2) is 5.82 Å². The van der Waals surface area contributed by atoms with Crippen molar-refractivity contribution in [1.29, 1.82) is 0 Å². The van der Waals surface area contributed by atoms with E-state index in [1.54, 1.807) is 18.2 Å². The highest BCUT2D eigenvalue weighted by atomic mass is 32.2. The molecule has 0 amide bonds. The summed E-state index contributed by atoms with van der Waals surface area (Å²) in [6, 6.07) is 6.89. The second kappa shape index (κ2) is 5.23. The summed E-state index contributed by atoms with van der Waals surface area (Å²) in [5, 5.41) is 8.45. The second-order valence-electron chi connectivity index (χ2n) is 5.36. The van der Waals surface area contributed by atoms with Crippen molar-refractivity contribution in [2.45, 2.75) is 30.7 Å². The van der Waals surface area contributed by atoms with E-state index in [1.807, 2.05) is 6.07 Å². The molecule has 0 atom stereocenters. The Bertz CT molecular complexity index is 765. The molecule has 0 N–H and O–H groups in total. The average molecular weight is 306 g/mol. The zero-order valence-electron chi connectivity index (χ0n) is 12.2. The van der Waals surface area contributed by atoms with Gasteiger partial charge >= 0.3 is 0 Å². The van der Waals surface area contributed by atoms with Crippen LogP contribution in [0.25, 0.3) is 11.4 Å². The molecule has 1 aromatic carbocycles. The van der Waals surface area contributed by atoms with Gasteiger partial charge in [-0.1, -0.05) is 12.1 Å². The van der Waals surface area contributed by atoms with Crippen molar-refractivity contribution < 1.29 is 8.42 Å². The Balaban J connectivity index is 2.07. The normalized spacial score (nSPS) is 15.2. The molecule has 0 saturated heterocycles. The summed E-state index contributed by atoms with van der Waals surface area (Å²) in [5.74, 6) is 1.73. The van der Waals surface area contributed by atoms with E-state index in [-0.39, 0.29) is 4.90 Å². The van der Waals surface area contributed by atoms with Crippen LogP contribution in [0.5, 0.6) is 0 Å². The number of aromatic nitrogens is 3. The minimum absolute atomic E-state index is 0.276. The number of hydrogen-bond acceptors (Lipinski definition) is 4. The molecule has 0 bridgehead atoms. The fourth-order valence-corrected chi connectivity index (χ4v) is 3.48. The Morgan fingerprint density at radius 1 is 1.19 bits per heavy atom. The summed E-state index contributed by atoms with van der Waals surface area (Å²) in [4.78, 5) is 0.276. The first kappa shape index (κ1) is 14.2. The summed E-state index contributed by atoms with van der Waals surface area (Å²) in [7, 11) is -0.378. The summed E-state index contributed by atoms with van der Waals surface area (Å²) < 4.78 is 27.8. The molecule has 0 saturated carbocycles. The average Bonchev–Trinajstić information content (AvgIpc) is 2.91. The van der Waals surface area contributed by atoms with Crippen LogP contribution < -0.4 is 0 Å². The predicted octanol–water partition coefficient (Wildman–Crippen LogP) is 1.53. The van der Waals surface area contributed by atoms with Crippen molar-refractivity contribution >= 4 is 10.0 Å². The molecule has 7 heteroatoms. The highest BCUT2D eigenvalue weighted by Crippen LogP contribution is 2.25. The fourth-order valence-electron chi connectivity index (χ4n) is 2.53. The van der Waals surface area contributed by atoms with E-state index in [4.69, 9.17) is 0 Å². The van der Waals surface area contributed by atoms with Crippen molar-refractivity contribution in [3.63, 3.8) is 0 Å². The van der Waals surface area contributed by atoms with E-state index in [2.05, 4.69) is 14.8 Å². The van der Waals surface area contributed by atoms with Gasteiger partial charge in [0.05, 0.1) is 4.90 Å². The van der Waals surface area contributed by atoms with Gasteiger partial charge < -0.3 is 4.57 Å². The van der Waals surface area contributed by atoms with Crippen LogP contribution in [-0.4, -0.2) is 41.6 Å². The molecule has 0 spiro atoms.